The summed E-state index contributed by atoms with van der Waals surface area (Å²) in [5.74, 6) is 0.890. The first-order valence-corrected chi connectivity index (χ1v) is 21.0. The molecule has 0 radical (unpaired) electrons. The average molecular weight is 778 g/mol. The van der Waals surface area contributed by atoms with E-state index >= 15 is 0 Å². The number of benzene rings is 9. The van der Waals surface area contributed by atoms with Crippen LogP contribution < -0.4 is 25.8 Å². The zero-order valence-corrected chi connectivity index (χ0v) is 33.3. The van der Waals surface area contributed by atoms with Gasteiger partial charge in [0.25, 0.3) is 0 Å². The molecule has 3 heterocycles. The van der Waals surface area contributed by atoms with Crippen LogP contribution >= 0.6 is 0 Å². The van der Waals surface area contributed by atoms with Crippen molar-refractivity contribution in [3.8, 4) is 0 Å². The van der Waals surface area contributed by atoms with E-state index in [1.54, 1.807) is 0 Å². The number of fused-ring (bicyclic) bond motifs is 12. The van der Waals surface area contributed by atoms with Crippen molar-refractivity contribution in [3.63, 3.8) is 0 Å². The molecule has 0 aromatic heterocycles. The Morgan fingerprint density at radius 2 is 0.900 bits per heavy atom. The summed E-state index contributed by atoms with van der Waals surface area (Å²) in [6.07, 6.45) is -0.245. The monoisotopic (exact) mass is 777 g/mol. The lowest BCUT2D eigenvalue weighted by Gasteiger charge is -2.41. The summed E-state index contributed by atoms with van der Waals surface area (Å²) in [5.41, 5.74) is 10.6. The van der Waals surface area contributed by atoms with Gasteiger partial charge in [0.15, 0.2) is 0 Å². The van der Waals surface area contributed by atoms with E-state index in [9.17, 15) is 0 Å². The van der Waals surface area contributed by atoms with E-state index in [2.05, 4.69) is 213 Å². The Morgan fingerprint density at radius 3 is 1.40 bits per heavy atom. The number of hydrogen-bond acceptors (Lipinski definition) is 7. The first kappa shape index (κ1) is 34.7. The highest BCUT2D eigenvalue weighted by atomic mass is 15.4. The van der Waals surface area contributed by atoms with Crippen LogP contribution in [0.2, 0.25) is 0 Å². The fourth-order valence-corrected chi connectivity index (χ4v) is 9.98. The maximum atomic E-state index is 5.44. The second kappa shape index (κ2) is 13.9. The maximum Gasteiger partial charge on any atom is 0.132 e. The van der Waals surface area contributed by atoms with Crippen LogP contribution in [0.5, 0.6) is 0 Å². The normalized spacial score (nSPS) is 17.4. The number of hydrogen-bond donors (Lipinski definition) is 3. The number of amidine groups is 1. The fraction of sp³-hybridized carbons (Fsp3) is 0.113. The number of nitrogens with zero attached hydrogens (tertiary/aromatic N) is 4. The molecule has 7 heteroatoms. The number of rotatable bonds is 6. The van der Waals surface area contributed by atoms with Gasteiger partial charge in [-0.2, -0.15) is 0 Å². The van der Waals surface area contributed by atoms with Crippen LogP contribution in [-0.2, 0) is 0 Å². The first-order valence-electron chi connectivity index (χ1n) is 21.0. The SMILES string of the molecule is CCN1C(c2ccccc2)N=C(c2ccc(N3CNc4c3c3ccccc3c3ccccc43)cc2)NC1c1ccc(N2CNc3c2c2ccccc2c2ccccc32)cc1. The van der Waals surface area contributed by atoms with Crippen LogP contribution in [-0.4, -0.2) is 30.6 Å². The fourth-order valence-electron chi connectivity index (χ4n) is 9.98. The van der Waals surface area contributed by atoms with Gasteiger partial charge >= 0.3 is 0 Å². The van der Waals surface area contributed by atoms with Gasteiger partial charge in [-0.15, -0.1) is 0 Å². The molecule has 3 aliphatic rings. The molecule has 0 saturated carbocycles. The van der Waals surface area contributed by atoms with E-state index in [0.29, 0.717) is 13.3 Å². The van der Waals surface area contributed by atoms with Crippen LogP contribution in [0.3, 0.4) is 0 Å². The second-order valence-electron chi connectivity index (χ2n) is 15.9. The van der Waals surface area contributed by atoms with E-state index in [0.717, 1.165) is 29.3 Å². The summed E-state index contributed by atoms with van der Waals surface area (Å²) in [6.45, 7) is 4.47. The lowest BCUT2D eigenvalue weighted by molar-refractivity contribution is 0.121. The summed E-state index contributed by atoms with van der Waals surface area (Å²) in [6, 6.07) is 63.7. The van der Waals surface area contributed by atoms with Crippen molar-refractivity contribution >= 4 is 83.0 Å². The Bertz CT molecular complexity index is 3140. The third-order valence-corrected chi connectivity index (χ3v) is 12.8. The van der Waals surface area contributed by atoms with E-state index in [-0.39, 0.29) is 12.3 Å². The van der Waals surface area contributed by atoms with Gasteiger partial charge in [-0.05, 0) is 75.6 Å². The largest absolute Gasteiger partial charge is 0.365 e. The van der Waals surface area contributed by atoms with E-state index in [1.165, 1.54) is 77.0 Å². The summed E-state index contributed by atoms with van der Waals surface area (Å²) in [4.78, 5) is 12.7. The molecular formula is C53H43N7. The predicted octanol–water partition coefficient (Wildman–Crippen LogP) is 12.4. The standard InChI is InChI=1S/C53H43N7/c1-2-58-52(35-14-4-3-5-15-35)56-51(34-24-28-37(29-25-34)59-32-54-47-43-20-10-6-16-39(43)41-18-8-12-22-45(41)49(47)59)57-53(58)36-26-30-38(31-27-36)60-33-55-48-44-21-11-7-17-40(44)42-19-9-13-23-46(42)50(48)60/h3-31,52-55H,2,32-33H2,1H3,(H,56,57). The summed E-state index contributed by atoms with van der Waals surface area (Å²) in [7, 11) is 0. The van der Waals surface area contributed by atoms with Gasteiger partial charge in [-0.1, -0.05) is 146 Å². The van der Waals surface area contributed by atoms with Gasteiger partial charge in [0.05, 0.1) is 36.1 Å². The minimum Gasteiger partial charge on any atom is -0.365 e. The highest BCUT2D eigenvalue weighted by molar-refractivity contribution is 6.23. The molecule has 290 valence electrons. The van der Waals surface area contributed by atoms with Gasteiger partial charge in [-0.3, -0.25) is 4.90 Å². The molecule has 3 aliphatic heterocycles. The molecule has 3 N–H and O–H groups in total. The van der Waals surface area contributed by atoms with Crippen molar-refractivity contribution in [3.05, 3.63) is 193 Å². The molecule has 2 unspecified atom stereocenters. The molecule has 0 aliphatic carbocycles. The van der Waals surface area contributed by atoms with Crippen LogP contribution in [0.1, 0.15) is 35.9 Å². The van der Waals surface area contributed by atoms with Crippen LogP contribution in [0.25, 0.3) is 43.1 Å². The van der Waals surface area contributed by atoms with Crippen molar-refractivity contribution in [2.75, 3.05) is 40.3 Å². The molecule has 2 atom stereocenters. The van der Waals surface area contributed by atoms with Gasteiger partial charge in [0, 0.05) is 38.5 Å². The van der Waals surface area contributed by atoms with Crippen LogP contribution in [0.4, 0.5) is 34.1 Å². The molecule has 0 bridgehead atoms. The lowest BCUT2D eigenvalue weighted by atomic mass is 9.98. The predicted molar refractivity (Wildman–Crippen MR) is 251 cm³/mol. The molecule has 0 spiro atoms. The lowest BCUT2D eigenvalue weighted by Crippen LogP contribution is -2.47. The second-order valence-corrected chi connectivity index (χ2v) is 15.9. The minimum atomic E-state index is -0.152. The van der Waals surface area contributed by atoms with Gasteiger partial charge in [-0.25, -0.2) is 4.99 Å². The quantitative estimate of drug-likeness (QED) is 0.146. The first-order chi connectivity index (χ1) is 29.7. The Hall–Kier alpha value is -7.35. The van der Waals surface area contributed by atoms with Gasteiger partial charge in [0.2, 0.25) is 0 Å². The number of anilines is 6. The van der Waals surface area contributed by atoms with E-state index in [1.807, 2.05) is 0 Å². The van der Waals surface area contributed by atoms with E-state index in [4.69, 9.17) is 4.99 Å². The van der Waals surface area contributed by atoms with Crippen LogP contribution in [0, 0.1) is 0 Å². The molecule has 9 aromatic rings. The molecule has 0 saturated heterocycles. The van der Waals surface area contributed by atoms with Crippen molar-refractivity contribution in [1.29, 1.82) is 0 Å². The third-order valence-electron chi connectivity index (χ3n) is 12.8. The number of aliphatic imine (C=N–C) groups is 1. The Labute approximate surface area is 349 Å². The average Bonchev–Trinajstić information content (AvgIpc) is 3.99. The highest BCUT2D eigenvalue weighted by Gasteiger charge is 2.34. The summed E-state index contributed by atoms with van der Waals surface area (Å²) in [5, 5.41) is 21.5. The summed E-state index contributed by atoms with van der Waals surface area (Å²) >= 11 is 0. The molecule has 12 rings (SSSR count). The molecule has 0 amide bonds. The van der Waals surface area contributed by atoms with Crippen molar-refractivity contribution in [2.24, 2.45) is 4.99 Å². The molecule has 0 fully saturated rings. The van der Waals surface area contributed by atoms with Crippen molar-refractivity contribution in [2.45, 2.75) is 19.3 Å². The van der Waals surface area contributed by atoms with Crippen molar-refractivity contribution < 1.29 is 0 Å². The van der Waals surface area contributed by atoms with Gasteiger partial charge in [0.1, 0.15) is 18.2 Å². The molecule has 60 heavy (non-hydrogen) atoms. The minimum absolute atomic E-state index is 0.0931. The number of nitrogens with one attached hydrogen (secondary N) is 3. The molecule has 7 nitrogen and oxygen atoms in total. The summed E-state index contributed by atoms with van der Waals surface area (Å²) < 4.78 is 0. The van der Waals surface area contributed by atoms with Crippen molar-refractivity contribution in [1.82, 2.24) is 10.2 Å². The zero-order valence-electron chi connectivity index (χ0n) is 33.3. The maximum absolute atomic E-state index is 5.44. The zero-order chi connectivity index (χ0) is 39.7. The van der Waals surface area contributed by atoms with Gasteiger partial charge < -0.3 is 25.8 Å². The highest BCUT2D eigenvalue weighted by Crippen LogP contribution is 2.49. The Balaban J connectivity index is 0.893. The Kier molecular flexibility index (Phi) is 8.03. The third kappa shape index (κ3) is 5.36. The van der Waals surface area contributed by atoms with Crippen LogP contribution in [0.15, 0.2) is 181 Å². The van der Waals surface area contributed by atoms with E-state index < -0.39 is 0 Å². The topological polar surface area (TPSA) is 58.2 Å². The Morgan fingerprint density at radius 1 is 0.467 bits per heavy atom. The molecular weight excluding hydrogens is 735 g/mol. The molecule has 9 aromatic carbocycles. The smallest absolute Gasteiger partial charge is 0.132 e.